The Morgan fingerprint density at radius 2 is 1.86 bits per heavy atom. The minimum atomic E-state index is -0.601. The van der Waals surface area contributed by atoms with Crippen molar-refractivity contribution < 1.29 is 14.3 Å². The molecule has 1 aromatic heterocycles. The Balaban J connectivity index is 1.97. The second kappa shape index (κ2) is 7.05. The Kier molecular flexibility index (Phi) is 5.34. The first kappa shape index (κ1) is 16.7. The fourth-order valence-electron chi connectivity index (χ4n) is 1.72. The number of hydrogen-bond donors (Lipinski definition) is 1. The molecule has 0 saturated heterocycles. The molecule has 0 aliphatic heterocycles. The average molecular weight is 362 g/mol. The van der Waals surface area contributed by atoms with Crippen molar-refractivity contribution in [3.05, 3.63) is 51.2 Å². The van der Waals surface area contributed by atoms with Crippen molar-refractivity contribution in [3.8, 4) is 0 Å². The molecule has 1 amide bonds. The Labute approximate surface area is 141 Å². The van der Waals surface area contributed by atoms with Gasteiger partial charge in [-0.2, -0.15) is 0 Å². The minimum absolute atomic E-state index is 0.194. The first-order valence-corrected chi connectivity index (χ1v) is 7.24. The Hall–Kier alpha value is -1.69. The summed E-state index contributed by atoms with van der Waals surface area (Å²) in [5.74, 6) is -1.16. The summed E-state index contributed by atoms with van der Waals surface area (Å²) in [6, 6.07) is 6.18. The van der Waals surface area contributed by atoms with Gasteiger partial charge in [-0.1, -0.05) is 34.8 Å². The van der Waals surface area contributed by atoms with Gasteiger partial charge in [0.1, 0.15) is 5.69 Å². The lowest BCUT2D eigenvalue weighted by Gasteiger charge is -2.10. The predicted molar refractivity (Wildman–Crippen MR) is 85.8 cm³/mol. The molecular weight excluding hydrogens is 351 g/mol. The second-order valence-corrected chi connectivity index (χ2v) is 5.62. The molecule has 22 heavy (non-hydrogen) atoms. The van der Waals surface area contributed by atoms with E-state index in [9.17, 15) is 9.59 Å². The number of esters is 1. The SMILES string of the molecule is Cn1cccc1C(=O)OCC(=O)Nc1c(Cl)cc(Cl)cc1Cl. The molecule has 0 bridgehead atoms. The maximum Gasteiger partial charge on any atom is 0.355 e. The van der Waals surface area contributed by atoms with Crippen LogP contribution in [0.2, 0.25) is 15.1 Å². The van der Waals surface area contributed by atoms with E-state index in [2.05, 4.69) is 5.32 Å². The number of carbonyl (C=O) groups is 2. The van der Waals surface area contributed by atoms with Gasteiger partial charge in [0.05, 0.1) is 15.7 Å². The van der Waals surface area contributed by atoms with Crippen LogP contribution in [0.25, 0.3) is 0 Å². The monoisotopic (exact) mass is 360 g/mol. The van der Waals surface area contributed by atoms with Crippen LogP contribution in [0.5, 0.6) is 0 Å². The second-order valence-electron chi connectivity index (χ2n) is 4.37. The first-order valence-electron chi connectivity index (χ1n) is 6.11. The molecule has 0 fully saturated rings. The summed E-state index contributed by atoms with van der Waals surface area (Å²) in [5.41, 5.74) is 0.558. The number of aryl methyl sites for hydroxylation is 1. The fraction of sp³-hybridized carbons (Fsp3) is 0.143. The molecule has 1 heterocycles. The normalized spacial score (nSPS) is 10.4. The van der Waals surface area contributed by atoms with Crippen molar-refractivity contribution in [3.63, 3.8) is 0 Å². The van der Waals surface area contributed by atoms with Gasteiger partial charge in [-0.3, -0.25) is 4.79 Å². The quantitative estimate of drug-likeness (QED) is 0.843. The summed E-state index contributed by atoms with van der Waals surface area (Å²) < 4.78 is 6.51. The highest BCUT2D eigenvalue weighted by molar-refractivity contribution is 6.42. The minimum Gasteiger partial charge on any atom is -0.451 e. The molecule has 2 rings (SSSR count). The Bertz CT molecular complexity index is 705. The van der Waals surface area contributed by atoms with Crippen molar-refractivity contribution in [2.75, 3.05) is 11.9 Å². The Morgan fingerprint density at radius 3 is 2.41 bits per heavy atom. The molecule has 0 saturated carbocycles. The molecule has 2 aromatic rings. The van der Waals surface area contributed by atoms with Crippen LogP contribution in [0.15, 0.2) is 30.5 Å². The maximum atomic E-state index is 11.8. The summed E-state index contributed by atoms with van der Waals surface area (Å²) in [4.78, 5) is 23.6. The van der Waals surface area contributed by atoms with Gasteiger partial charge in [0.2, 0.25) is 0 Å². The average Bonchev–Trinajstić information content (AvgIpc) is 2.86. The van der Waals surface area contributed by atoms with Crippen LogP contribution in [-0.4, -0.2) is 23.1 Å². The van der Waals surface area contributed by atoms with Crippen molar-refractivity contribution in [2.24, 2.45) is 7.05 Å². The van der Waals surface area contributed by atoms with E-state index in [-0.39, 0.29) is 15.7 Å². The fourth-order valence-corrected chi connectivity index (χ4v) is 2.63. The molecule has 0 atom stereocenters. The van der Waals surface area contributed by atoms with Crippen LogP contribution in [0.3, 0.4) is 0 Å². The van der Waals surface area contributed by atoms with Gasteiger partial charge >= 0.3 is 5.97 Å². The van der Waals surface area contributed by atoms with E-state index in [0.29, 0.717) is 10.7 Å². The molecule has 0 unspecified atom stereocenters. The number of aromatic nitrogens is 1. The van der Waals surface area contributed by atoms with Crippen molar-refractivity contribution in [1.29, 1.82) is 0 Å². The summed E-state index contributed by atoms with van der Waals surface area (Å²) in [6.45, 7) is -0.459. The third kappa shape index (κ3) is 3.94. The van der Waals surface area contributed by atoms with Gasteiger partial charge in [-0.05, 0) is 24.3 Å². The van der Waals surface area contributed by atoms with Crippen molar-refractivity contribution in [1.82, 2.24) is 4.57 Å². The van der Waals surface area contributed by atoms with E-state index in [1.165, 1.54) is 12.1 Å². The number of nitrogens with zero attached hydrogens (tertiary/aromatic N) is 1. The number of hydrogen-bond acceptors (Lipinski definition) is 3. The topological polar surface area (TPSA) is 60.3 Å². The van der Waals surface area contributed by atoms with Crippen LogP contribution in [0.1, 0.15) is 10.5 Å². The van der Waals surface area contributed by atoms with Crippen LogP contribution < -0.4 is 5.32 Å². The van der Waals surface area contributed by atoms with Crippen LogP contribution in [0, 0.1) is 0 Å². The molecular formula is C14H11Cl3N2O3. The summed E-state index contributed by atoms with van der Waals surface area (Å²) in [6.07, 6.45) is 1.70. The van der Waals surface area contributed by atoms with E-state index in [1.54, 1.807) is 29.9 Å². The van der Waals surface area contributed by atoms with Gasteiger partial charge in [0.15, 0.2) is 6.61 Å². The molecule has 1 N–H and O–H groups in total. The third-order valence-corrected chi connectivity index (χ3v) is 3.57. The molecule has 0 spiro atoms. The molecule has 0 aliphatic carbocycles. The van der Waals surface area contributed by atoms with E-state index in [1.807, 2.05) is 0 Å². The van der Waals surface area contributed by atoms with Gasteiger partial charge in [-0.25, -0.2) is 4.79 Å². The third-order valence-electron chi connectivity index (χ3n) is 2.76. The lowest BCUT2D eigenvalue weighted by atomic mass is 10.3. The number of halogens is 3. The molecule has 0 aliphatic rings. The zero-order valence-corrected chi connectivity index (χ0v) is 13.7. The number of benzene rings is 1. The number of ether oxygens (including phenoxy) is 1. The van der Waals surface area contributed by atoms with Crippen LogP contribution in [0.4, 0.5) is 5.69 Å². The number of rotatable bonds is 4. The smallest absolute Gasteiger partial charge is 0.355 e. The number of nitrogens with one attached hydrogen (secondary N) is 1. The predicted octanol–water partition coefficient (Wildman–Crippen LogP) is 3.78. The number of anilines is 1. The van der Waals surface area contributed by atoms with E-state index < -0.39 is 18.5 Å². The summed E-state index contributed by atoms with van der Waals surface area (Å²) in [5, 5.41) is 3.21. The molecule has 5 nitrogen and oxygen atoms in total. The van der Waals surface area contributed by atoms with E-state index in [4.69, 9.17) is 39.5 Å². The number of carbonyl (C=O) groups excluding carboxylic acids is 2. The molecule has 8 heteroatoms. The van der Waals surface area contributed by atoms with E-state index in [0.717, 1.165) is 0 Å². The molecule has 116 valence electrons. The maximum absolute atomic E-state index is 11.8. The van der Waals surface area contributed by atoms with Crippen molar-refractivity contribution in [2.45, 2.75) is 0 Å². The summed E-state index contributed by atoms with van der Waals surface area (Å²) >= 11 is 17.7. The lowest BCUT2D eigenvalue weighted by Crippen LogP contribution is -2.22. The van der Waals surface area contributed by atoms with Gasteiger partial charge in [-0.15, -0.1) is 0 Å². The van der Waals surface area contributed by atoms with Crippen LogP contribution in [-0.2, 0) is 16.6 Å². The highest BCUT2D eigenvalue weighted by Gasteiger charge is 2.15. The van der Waals surface area contributed by atoms with Gasteiger partial charge in [0.25, 0.3) is 5.91 Å². The lowest BCUT2D eigenvalue weighted by molar-refractivity contribution is -0.119. The van der Waals surface area contributed by atoms with Gasteiger partial charge < -0.3 is 14.6 Å². The zero-order chi connectivity index (χ0) is 16.3. The zero-order valence-electron chi connectivity index (χ0n) is 11.4. The highest BCUT2D eigenvalue weighted by Crippen LogP contribution is 2.33. The number of amides is 1. The van der Waals surface area contributed by atoms with Gasteiger partial charge in [0, 0.05) is 18.3 Å². The van der Waals surface area contributed by atoms with E-state index >= 15 is 0 Å². The summed E-state index contributed by atoms with van der Waals surface area (Å²) in [7, 11) is 1.70. The standard InChI is InChI=1S/C14H11Cl3N2O3/c1-19-4-2-3-11(19)14(21)22-7-12(20)18-13-9(16)5-8(15)6-10(13)17/h2-6H,7H2,1H3,(H,18,20). The molecule has 0 radical (unpaired) electrons. The molecule has 1 aromatic carbocycles. The first-order chi connectivity index (χ1) is 10.4. The van der Waals surface area contributed by atoms with Crippen LogP contribution >= 0.6 is 34.8 Å². The van der Waals surface area contributed by atoms with Crippen molar-refractivity contribution >= 4 is 52.4 Å². The largest absolute Gasteiger partial charge is 0.451 e. The highest BCUT2D eigenvalue weighted by atomic mass is 35.5. The Morgan fingerprint density at radius 1 is 1.23 bits per heavy atom.